The van der Waals surface area contributed by atoms with Gasteiger partial charge in [0.2, 0.25) is 5.91 Å². The molecule has 1 saturated heterocycles. The third-order valence-corrected chi connectivity index (χ3v) is 5.86. The quantitative estimate of drug-likeness (QED) is 0.637. The maximum absolute atomic E-state index is 12.9. The second-order valence-corrected chi connectivity index (χ2v) is 7.81. The zero-order valence-electron chi connectivity index (χ0n) is 17.1. The monoisotopic (exact) mass is 404 g/mol. The molecule has 1 fully saturated rings. The number of nitrogens with two attached hydrogens (primary N) is 1. The number of rotatable bonds is 5. The normalized spacial score (nSPS) is 18.8. The van der Waals surface area contributed by atoms with E-state index in [1.165, 1.54) is 12.0 Å². The summed E-state index contributed by atoms with van der Waals surface area (Å²) in [7, 11) is 1.40. The molecule has 0 bridgehead atoms. The van der Waals surface area contributed by atoms with E-state index < -0.39 is 5.97 Å². The maximum Gasteiger partial charge on any atom is 0.340 e. The number of fused-ring (bicyclic) bond motifs is 1. The highest BCUT2D eigenvalue weighted by atomic mass is 16.5. The van der Waals surface area contributed by atoms with E-state index in [2.05, 4.69) is 0 Å². The lowest BCUT2D eigenvalue weighted by molar-refractivity contribution is -0.921. The molecule has 0 spiro atoms. The molecular weight excluding hydrogens is 378 g/mol. The van der Waals surface area contributed by atoms with Gasteiger partial charge in [-0.05, 0) is 24.5 Å². The minimum Gasteiger partial charge on any atom is -0.465 e. The first-order valence-corrected chi connectivity index (χ1v) is 10.3. The van der Waals surface area contributed by atoms with Crippen LogP contribution < -0.4 is 10.6 Å². The smallest absolute Gasteiger partial charge is 0.340 e. The van der Waals surface area contributed by atoms with Crippen molar-refractivity contribution in [3.05, 3.63) is 65.9 Å². The third kappa shape index (κ3) is 3.91. The first kappa shape index (κ1) is 20.0. The van der Waals surface area contributed by atoms with Gasteiger partial charge in [0.1, 0.15) is 12.2 Å². The Bertz CT molecular complexity index is 1080. The molecule has 3 N–H and O–H groups in total. The number of quaternary nitrogens is 1. The fourth-order valence-corrected chi connectivity index (χ4v) is 4.41. The van der Waals surface area contributed by atoms with Crippen LogP contribution in [0.25, 0.3) is 22.0 Å². The number of piperidine rings is 1. The third-order valence-electron chi connectivity index (χ3n) is 5.86. The van der Waals surface area contributed by atoms with Gasteiger partial charge in [0, 0.05) is 10.9 Å². The van der Waals surface area contributed by atoms with Crippen LogP contribution >= 0.6 is 0 Å². The van der Waals surface area contributed by atoms with Gasteiger partial charge in [0.25, 0.3) is 0 Å². The summed E-state index contributed by atoms with van der Waals surface area (Å²) in [5.41, 5.74) is 9.36. The molecule has 6 heteroatoms. The van der Waals surface area contributed by atoms with Crippen molar-refractivity contribution < 1.29 is 19.2 Å². The zero-order chi connectivity index (χ0) is 21.1. The molecule has 0 aliphatic carbocycles. The number of methoxy groups -OCH3 is 1. The van der Waals surface area contributed by atoms with Crippen LogP contribution in [0.1, 0.15) is 28.9 Å². The van der Waals surface area contributed by atoms with Crippen molar-refractivity contribution in [1.29, 1.82) is 0 Å². The Morgan fingerprint density at radius 2 is 1.87 bits per heavy atom. The average molecular weight is 404 g/mol. The van der Waals surface area contributed by atoms with E-state index in [1.807, 2.05) is 54.6 Å². The number of benzene rings is 2. The summed E-state index contributed by atoms with van der Waals surface area (Å²) in [5.74, 6) is -0.786. The minimum absolute atomic E-state index is 0.135. The highest BCUT2D eigenvalue weighted by molar-refractivity contribution is 6.07. The molecule has 4 rings (SSSR count). The SMILES string of the molecule is COC(=O)c1c(C[NH+]2CCC[C@H](C(N)=O)C2)nc2ccccc2c1-c1ccccc1. The molecule has 2 heterocycles. The molecule has 6 nitrogen and oxygen atoms in total. The van der Waals surface area contributed by atoms with Gasteiger partial charge in [0.15, 0.2) is 0 Å². The number of likely N-dealkylation sites (tertiary alicyclic amines) is 1. The van der Waals surface area contributed by atoms with Gasteiger partial charge in [-0.15, -0.1) is 0 Å². The topological polar surface area (TPSA) is 86.7 Å². The van der Waals surface area contributed by atoms with Gasteiger partial charge in [-0.3, -0.25) is 4.79 Å². The molecule has 1 amide bonds. The molecule has 30 heavy (non-hydrogen) atoms. The van der Waals surface area contributed by atoms with Crippen molar-refractivity contribution in [2.24, 2.45) is 11.7 Å². The highest BCUT2D eigenvalue weighted by Crippen LogP contribution is 2.33. The number of esters is 1. The van der Waals surface area contributed by atoms with Crippen molar-refractivity contribution in [3.8, 4) is 11.1 Å². The summed E-state index contributed by atoms with van der Waals surface area (Å²) in [6.07, 6.45) is 1.75. The van der Waals surface area contributed by atoms with Crippen LogP contribution in [-0.4, -0.2) is 37.1 Å². The van der Waals surface area contributed by atoms with Gasteiger partial charge in [-0.2, -0.15) is 0 Å². The Balaban J connectivity index is 1.87. The van der Waals surface area contributed by atoms with E-state index in [0.29, 0.717) is 24.3 Å². The van der Waals surface area contributed by atoms with Crippen LogP contribution in [0.5, 0.6) is 0 Å². The lowest BCUT2D eigenvalue weighted by Gasteiger charge is -2.28. The second kappa shape index (κ2) is 8.63. The Morgan fingerprint density at radius 1 is 1.13 bits per heavy atom. The second-order valence-electron chi connectivity index (χ2n) is 7.81. The van der Waals surface area contributed by atoms with Crippen molar-refractivity contribution in [2.75, 3.05) is 20.2 Å². The van der Waals surface area contributed by atoms with Crippen LogP contribution in [0.15, 0.2) is 54.6 Å². The van der Waals surface area contributed by atoms with Crippen molar-refractivity contribution in [1.82, 2.24) is 4.98 Å². The first-order chi connectivity index (χ1) is 14.6. The number of carbonyl (C=O) groups excluding carboxylic acids is 2. The molecule has 2 aromatic carbocycles. The molecule has 1 aliphatic heterocycles. The summed E-state index contributed by atoms with van der Waals surface area (Å²) in [6, 6.07) is 17.7. The Kier molecular flexibility index (Phi) is 5.77. The number of hydrogen-bond donors (Lipinski definition) is 2. The number of pyridine rings is 1. The lowest BCUT2D eigenvalue weighted by atomic mass is 9.93. The molecule has 1 unspecified atom stereocenters. The van der Waals surface area contributed by atoms with E-state index in [0.717, 1.165) is 41.4 Å². The van der Waals surface area contributed by atoms with E-state index in [4.69, 9.17) is 15.5 Å². The molecular formula is C24H26N3O3+. The lowest BCUT2D eigenvalue weighted by Crippen LogP contribution is -3.12. The maximum atomic E-state index is 12.9. The number of hydrogen-bond acceptors (Lipinski definition) is 4. The number of ether oxygens (including phenoxy) is 1. The van der Waals surface area contributed by atoms with E-state index in [9.17, 15) is 9.59 Å². The molecule has 0 saturated carbocycles. The minimum atomic E-state index is -0.398. The molecule has 154 valence electrons. The summed E-state index contributed by atoms with van der Waals surface area (Å²) >= 11 is 0. The number of nitrogens with zero attached hydrogens (tertiary/aromatic N) is 1. The van der Waals surface area contributed by atoms with Gasteiger partial charge in [-0.25, -0.2) is 9.78 Å². The van der Waals surface area contributed by atoms with E-state index in [1.54, 1.807) is 0 Å². The average Bonchev–Trinajstić information content (AvgIpc) is 2.78. The van der Waals surface area contributed by atoms with Gasteiger partial charge in [0.05, 0.1) is 37.2 Å². The summed E-state index contributed by atoms with van der Waals surface area (Å²) in [4.78, 5) is 30.7. The summed E-state index contributed by atoms with van der Waals surface area (Å²) in [5, 5.41) is 0.913. The fourth-order valence-electron chi connectivity index (χ4n) is 4.41. The standard InChI is InChI=1S/C24H25N3O3/c1-30-24(29)22-20(15-27-13-7-10-17(14-27)23(25)28)26-19-12-6-5-11-18(19)21(22)16-8-3-2-4-9-16/h2-6,8-9,11-12,17H,7,10,13-15H2,1H3,(H2,25,28)/p+1/t17-/m0/s1. The summed E-state index contributed by atoms with van der Waals surface area (Å²) < 4.78 is 5.17. The van der Waals surface area contributed by atoms with Crippen molar-refractivity contribution in [2.45, 2.75) is 19.4 Å². The fraction of sp³-hybridized carbons (Fsp3) is 0.292. The summed E-state index contributed by atoms with van der Waals surface area (Å²) in [6.45, 7) is 2.11. The zero-order valence-corrected chi connectivity index (χ0v) is 17.1. The molecule has 2 atom stereocenters. The molecule has 0 radical (unpaired) electrons. The van der Waals surface area contributed by atoms with Crippen LogP contribution in [0.3, 0.4) is 0 Å². The van der Waals surface area contributed by atoms with Gasteiger partial charge in [-0.1, -0.05) is 48.5 Å². The van der Waals surface area contributed by atoms with Crippen LogP contribution in [0.4, 0.5) is 0 Å². The highest BCUT2D eigenvalue weighted by Gasteiger charge is 2.30. The van der Waals surface area contributed by atoms with Crippen molar-refractivity contribution >= 4 is 22.8 Å². The van der Waals surface area contributed by atoms with E-state index >= 15 is 0 Å². The number of primary amides is 1. The number of nitrogens with one attached hydrogen (secondary N) is 1. The van der Waals surface area contributed by atoms with Crippen LogP contribution in [0.2, 0.25) is 0 Å². The number of carbonyl (C=O) groups is 2. The number of amides is 1. The van der Waals surface area contributed by atoms with Crippen LogP contribution in [-0.2, 0) is 16.1 Å². The Hall–Kier alpha value is -3.25. The largest absolute Gasteiger partial charge is 0.465 e. The van der Waals surface area contributed by atoms with Crippen molar-refractivity contribution in [3.63, 3.8) is 0 Å². The Morgan fingerprint density at radius 3 is 2.60 bits per heavy atom. The Labute approximate surface area is 175 Å². The van der Waals surface area contributed by atoms with E-state index in [-0.39, 0.29) is 11.8 Å². The van der Waals surface area contributed by atoms with Crippen LogP contribution in [0, 0.1) is 5.92 Å². The first-order valence-electron chi connectivity index (χ1n) is 10.3. The van der Waals surface area contributed by atoms with Gasteiger partial charge >= 0.3 is 5.97 Å². The van der Waals surface area contributed by atoms with Gasteiger partial charge < -0.3 is 15.4 Å². The number of aromatic nitrogens is 1. The predicted octanol–water partition coefficient (Wildman–Crippen LogP) is 1.97. The number of para-hydroxylation sites is 1. The molecule has 1 aliphatic rings. The predicted molar refractivity (Wildman–Crippen MR) is 115 cm³/mol. The molecule has 3 aromatic rings. The molecule has 1 aromatic heterocycles.